The molecule has 3 aliphatic carbocycles. The Labute approximate surface area is 232 Å². The number of ether oxygens (including phenoxy) is 1. The number of nitrogens with zero attached hydrogens (tertiary/aromatic N) is 2. The Hall–Kier alpha value is -3.41. The van der Waals surface area contributed by atoms with E-state index >= 15 is 0 Å². The van der Waals surface area contributed by atoms with Crippen LogP contribution < -0.4 is 10.5 Å². The molecule has 5 rings (SSSR count). The van der Waals surface area contributed by atoms with E-state index < -0.39 is 58.0 Å². The summed E-state index contributed by atoms with van der Waals surface area (Å²) in [6.45, 7) is 6.14. The summed E-state index contributed by atoms with van der Waals surface area (Å²) in [7, 11) is 3.20. The monoisotopic (exact) mass is 555 g/mol. The minimum absolute atomic E-state index is 0.0317. The first-order valence-corrected chi connectivity index (χ1v) is 13.7. The second-order valence-electron chi connectivity index (χ2n) is 11.9. The lowest BCUT2D eigenvalue weighted by Crippen LogP contribution is -2.63. The molecule has 11 heteroatoms. The van der Waals surface area contributed by atoms with Crippen molar-refractivity contribution in [3.05, 3.63) is 45.4 Å². The number of aromatic hydroxyl groups is 1. The number of fused-ring (bicyclic) bond motifs is 3. The lowest BCUT2D eigenvalue weighted by atomic mass is 9.58. The fourth-order valence-corrected chi connectivity index (χ4v) is 7.04. The molecule has 0 saturated carbocycles. The number of likely N-dealkylation sites (tertiary alicyclic amines) is 1. The SMILES string of the molecule is CC(C)Oc1c(CN2CCCC2)cc(O)c2c1C[C@H]1C[C@H]3[C@H](N(C)C)C(O)=C(C(N)=O)C(=O)[C@@]3(O)C(O)=C1C2=O. The van der Waals surface area contributed by atoms with Crippen molar-refractivity contribution >= 4 is 17.5 Å². The van der Waals surface area contributed by atoms with Crippen molar-refractivity contribution in [2.24, 2.45) is 17.6 Å². The fraction of sp³-hybridized carbons (Fsp3) is 0.552. The number of hydrogen-bond acceptors (Lipinski definition) is 10. The predicted octanol–water partition coefficient (Wildman–Crippen LogP) is 1.50. The molecule has 0 unspecified atom stereocenters. The summed E-state index contributed by atoms with van der Waals surface area (Å²) >= 11 is 0. The normalized spacial score (nSPS) is 28.7. The second kappa shape index (κ2) is 9.90. The number of phenolic OH excluding ortho intramolecular Hbond substituents is 1. The van der Waals surface area contributed by atoms with Crippen LogP contribution >= 0.6 is 0 Å². The molecule has 0 radical (unpaired) electrons. The van der Waals surface area contributed by atoms with Gasteiger partial charge < -0.3 is 30.9 Å². The number of carbonyl (C=O) groups excluding carboxylic acids is 3. The number of aliphatic hydroxyl groups is 3. The minimum Gasteiger partial charge on any atom is -0.510 e. The van der Waals surface area contributed by atoms with Gasteiger partial charge in [0.25, 0.3) is 5.91 Å². The smallest absolute Gasteiger partial charge is 0.255 e. The highest BCUT2D eigenvalue weighted by molar-refractivity contribution is 6.24. The number of primary amides is 1. The summed E-state index contributed by atoms with van der Waals surface area (Å²) in [4.78, 5) is 43.3. The number of phenols is 1. The Morgan fingerprint density at radius 1 is 1.20 bits per heavy atom. The van der Waals surface area contributed by atoms with Crippen LogP contribution in [0.4, 0.5) is 0 Å². The van der Waals surface area contributed by atoms with E-state index in [0.717, 1.165) is 31.5 Å². The Bertz CT molecular complexity index is 1360. The number of Topliss-reactive ketones (excluding diaryl/α,β-unsaturated/α-hetero) is 2. The number of nitrogens with two attached hydrogens (primary N) is 1. The molecule has 40 heavy (non-hydrogen) atoms. The summed E-state index contributed by atoms with van der Waals surface area (Å²) in [6.07, 6.45) is 2.17. The molecule has 4 atom stereocenters. The quantitative estimate of drug-likeness (QED) is 0.324. The molecule has 1 aliphatic heterocycles. The molecular formula is C29H37N3O8. The maximum atomic E-state index is 14.0. The first kappa shape index (κ1) is 28.1. The predicted molar refractivity (Wildman–Crippen MR) is 144 cm³/mol. The number of likely N-dealkylation sites (N-methyl/N-ethyl adjacent to an activating group) is 1. The van der Waals surface area contributed by atoms with Crippen LogP contribution in [0.5, 0.6) is 11.5 Å². The highest BCUT2D eigenvalue weighted by atomic mass is 16.5. The van der Waals surface area contributed by atoms with E-state index in [0.29, 0.717) is 17.9 Å². The number of hydrogen-bond donors (Lipinski definition) is 5. The van der Waals surface area contributed by atoms with Gasteiger partial charge in [0.2, 0.25) is 5.78 Å². The van der Waals surface area contributed by atoms with Crippen LogP contribution in [-0.2, 0) is 22.6 Å². The molecule has 1 saturated heterocycles. The van der Waals surface area contributed by atoms with Crippen molar-refractivity contribution in [2.75, 3.05) is 27.2 Å². The Kier molecular flexibility index (Phi) is 6.96. The van der Waals surface area contributed by atoms with E-state index in [1.807, 2.05) is 13.8 Å². The van der Waals surface area contributed by atoms with Crippen LogP contribution in [0.2, 0.25) is 0 Å². The number of aliphatic hydroxyl groups excluding tert-OH is 2. The lowest BCUT2D eigenvalue weighted by molar-refractivity contribution is -0.148. The van der Waals surface area contributed by atoms with E-state index in [4.69, 9.17) is 10.5 Å². The summed E-state index contributed by atoms with van der Waals surface area (Å²) in [5.41, 5.74) is 2.95. The first-order chi connectivity index (χ1) is 18.8. The Morgan fingerprint density at radius 2 is 1.85 bits per heavy atom. The number of carbonyl (C=O) groups is 3. The van der Waals surface area contributed by atoms with Crippen LogP contribution in [0.3, 0.4) is 0 Å². The third kappa shape index (κ3) is 4.10. The maximum Gasteiger partial charge on any atom is 0.255 e. The fourth-order valence-electron chi connectivity index (χ4n) is 7.04. The van der Waals surface area contributed by atoms with Crippen LogP contribution in [0.25, 0.3) is 0 Å². The third-order valence-electron chi connectivity index (χ3n) is 8.70. The Balaban J connectivity index is 1.68. The molecule has 1 heterocycles. The van der Waals surface area contributed by atoms with Crippen molar-refractivity contribution in [1.82, 2.24) is 9.80 Å². The van der Waals surface area contributed by atoms with Gasteiger partial charge in [0.15, 0.2) is 11.4 Å². The number of rotatable bonds is 6. The summed E-state index contributed by atoms with van der Waals surface area (Å²) in [6, 6.07) is 0.483. The highest BCUT2D eigenvalue weighted by Gasteiger charge is 2.63. The number of amides is 1. The molecule has 1 fully saturated rings. The van der Waals surface area contributed by atoms with Gasteiger partial charge in [-0.1, -0.05) is 0 Å². The molecular weight excluding hydrogens is 518 g/mol. The van der Waals surface area contributed by atoms with Gasteiger partial charge >= 0.3 is 0 Å². The molecule has 1 aromatic carbocycles. The standard InChI is InChI=1S/C29H37N3O8/c1-13(2)40-25-15(12-32-7-5-6-8-32)11-18(33)20-16(25)9-14-10-17-22(31(3)4)24(35)21(28(30)38)27(37)29(17,39)26(36)19(14)23(20)34/h11,13-14,17,22,33,35-36,39H,5-10,12H2,1-4H3,(H2,30,38)/t14-,17-,22-,29-/m0/s1. The molecule has 1 amide bonds. The third-order valence-corrected chi connectivity index (χ3v) is 8.70. The number of allylic oxidation sites excluding steroid dienone is 1. The zero-order valence-corrected chi connectivity index (χ0v) is 23.2. The number of ketones is 2. The average molecular weight is 556 g/mol. The molecule has 216 valence electrons. The van der Waals surface area contributed by atoms with E-state index in [-0.39, 0.29) is 35.8 Å². The summed E-state index contributed by atoms with van der Waals surface area (Å²) < 4.78 is 6.25. The molecule has 0 spiro atoms. The zero-order chi connectivity index (χ0) is 29.3. The van der Waals surface area contributed by atoms with Gasteiger partial charge in [0, 0.05) is 29.2 Å². The van der Waals surface area contributed by atoms with Crippen LogP contribution in [0, 0.1) is 11.8 Å². The highest BCUT2D eigenvalue weighted by Crippen LogP contribution is 2.53. The van der Waals surface area contributed by atoms with Crippen LogP contribution in [0.1, 0.15) is 54.6 Å². The molecule has 0 bridgehead atoms. The van der Waals surface area contributed by atoms with Gasteiger partial charge in [0.1, 0.15) is 28.6 Å². The number of benzene rings is 1. The first-order valence-electron chi connectivity index (χ1n) is 13.7. The Morgan fingerprint density at radius 3 is 2.42 bits per heavy atom. The van der Waals surface area contributed by atoms with Crippen molar-refractivity contribution in [3.8, 4) is 11.5 Å². The molecule has 4 aliphatic rings. The van der Waals surface area contributed by atoms with Crippen molar-refractivity contribution in [3.63, 3.8) is 0 Å². The van der Waals surface area contributed by atoms with E-state index in [1.54, 1.807) is 14.1 Å². The largest absolute Gasteiger partial charge is 0.510 e. The van der Waals surface area contributed by atoms with E-state index in [1.165, 1.54) is 11.0 Å². The van der Waals surface area contributed by atoms with Gasteiger partial charge in [-0.3, -0.25) is 24.2 Å². The molecule has 0 aromatic heterocycles. The zero-order valence-electron chi connectivity index (χ0n) is 23.2. The van der Waals surface area contributed by atoms with E-state index in [2.05, 4.69) is 4.90 Å². The van der Waals surface area contributed by atoms with Gasteiger partial charge in [-0.2, -0.15) is 0 Å². The lowest BCUT2D eigenvalue weighted by Gasteiger charge is -2.50. The van der Waals surface area contributed by atoms with Gasteiger partial charge in [-0.05, 0) is 78.7 Å². The molecule has 6 N–H and O–H groups in total. The summed E-state index contributed by atoms with van der Waals surface area (Å²) in [5.74, 6) is -6.17. The van der Waals surface area contributed by atoms with Gasteiger partial charge in [-0.15, -0.1) is 0 Å². The molecule has 11 nitrogen and oxygen atoms in total. The summed E-state index contributed by atoms with van der Waals surface area (Å²) in [5, 5.41) is 45.2. The van der Waals surface area contributed by atoms with Gasteiger partial charge in [-0.25, -0.2) is 0 Å². The minimum atomic E-state index is -2.66. The van der Waals surface area contributed by atoms with E-state index in [9.17, 15) is 34.8 Å². The average Bonchev–Trinajstić information content (AvgIpc) is 3.36. The van der Waals surface area contributed by atoms with Crippen LogP contribution in [0.15, 0.2) is 28.7 Å². The van der Waals surface area contributed by atoms with Gasteiger partial charge in [0.05, 0.1) is 17.7 Å². The topological polar surface area (TPSA) is 174 Å². The second-order valence-corrected chi connectivity index (χ2v) is 11.9. The van der Waals surface area contributed by atoms with Crippen molar-refractivity contribution in [1.29, 1.82) is 0 Å². The molecule has 1 aromatic rings. The van der Waals surface area contributed by atoms with Crippen molar-refractivity contribution < 1.29 is 39.5 Å². The van der Waals surface area contributed by atoms with Crippen LogP contribution in [-0.4, -0.2) is 92.6 Å². The maximum absolute atomic E-state index is 14.0. The van der Waals surface area contributed by atoms with Crippen molar-refractivity contribution in [2.45, 2.75) is 63.8 Å².